The molecule has 2 bridgehead atoms. The van der Waals surface area contributed by atoms with Crippen LogP contribution in [0, 0.1) is 24.0 Å². The Hall–Kier alpha value is -4.54. The number of fused-ring (bicyclic) bond motifs is 7. The second-order valence-electron chi connectivity index (χ2n) is 15.7. The number of aromatic nitrogens is 3. The minimum absolute atomic E-state index is 0.0737. The molecule has 19 heteroatoms. The monoisotopic (exact) mass is 826 g/mol. The lowest BCUT2D eigenvalue weighted by Gasteiger charge is -2.41. The van der Waals surface area contributed by atoms with Gasteiger partial charge in [0.2, 0.25) is 0 Å². The summed E-state index contributed by atoms with van der Waals surface area (Å²) in [5, 5.41) is 4.72. The van der Waals surface area contributed by atoms with Gasteiger partial charge in [-0.1, -0.05) is 30.2 Å². The maximum absolute atomic E-state index is 17.2. The van der Waals surface area contributed by atoms with E-state index in [9.17, 15) is 39.5 Å². The molecule has 4 aromatic rings. The van der Waals surface area contributed by atoms with Crippen LogP contribution in [-0.2, 0) is 11.2 Å². The van der Waals surface area contributed by atoms with Crippen LogP contribution in [0.2, 0.25) is 0 Å². The molecule has 0 aliphatic carbocycles. The average Bonchev–Trinajstić information content (AvgIpc) is 3.80. The normalized spacial score (nSPS) is 26.2. The fourth-order valence-electron chi connectivity index (χ4n) is 9.98. The molecule has 2 aromatic carbocycles. The number of hydrogen-bond donors (Lipinski definition) is 1. The molecular weight excluding hydrogens is 793 g/mol. The average molecular weight is 827 g/mol. The van der Waals surface area contributed by atoms with Crippen molar-refractivity contribution in [1.29, 1.82) is 0 Å². The summed E-state index contributed by atoms with van der Waals surface area (Å²) in [6.45, 7) is -0.500. The lowest BCUT2D eigenvalue weighted by molar-refractivity contribution is -0.463. The van der Waals surface area contributed by atoms with E-state index in [0.717, 1.165) is 12.8 Å². The number of pyridine rings is 1. The third-order valence-corrected chi connectivity index (χ3v) is 12.5. The number of rotatable bonds is 6. The van der Waals surface area contributed by atoms with E-state index in [2.05, 4.69) is 25.9 Å². The first-order valence-corrected chi connectivity index (χ1v) is 18.7. The summed E-state index contributed by atoms with van der Waals surface area (Å²) in [5.74, 6) is 1.08. The van der Waals surface area contributed by atoms with Crippen LogP contribution in [0.1, 0.15) is 49.8 Å². The Morgan fingerprint density at radius 2 is 1.66 bits per heavy atom. The molecule has 7 heterocycles. The van der Waals surface area contributed by atoms with Crippen LogP contribution < -0.4 is 15.0 Å². The molecule has 0 spiro atoms. The second-order valence-corrected chi connectivity index (χ2v) is 15.7. The fourth-order valence-corrected chi connectivity index (χ4v) is 9.98. The number of terminal acetylenes is 1. The van der Waals surface area contributed by atoms with Crippen molar-refractivity contribution in [3.8, 4) is 29.6 Å². The third kappa shape index (κ3) is 5.79. The number of anilines is 1. The summed E-state index contributed by atoms with van der Waals surface area (Å²) >= 11 is 0. The molecule has 8 nitrogen and oxygen atoms in total. The molecule has 4 saturated heterocycles. The first-order chi connectivity index (χ1) is 27.4. The molecule has 9 rings (SSSR count). The smallest absolute Gasteiger partial charge is 0.435 e. The number of hydrogen-bond acceptors (Lipinski definition) is 8. The van der Waals surface area contributed by atoms with Crippen LogP contribution >= 0.6 is 0 Å². The van der Waals surface area contributed by atoms with Gasteiger partial charge in [-0.2, -0.15) is 49.5 Å². The molecule has 58 heavy (non-hydrogen) atoms. The molecule has 308 valence electrons. The summed E-state index contributed by atoms with van der Waals surface area (Å²) < 4.78 is 167. The van der Waals surface area contributed by atoms with Crippen LogP contribution in [-0.4, -0.2) is 100.0 Å². The lowest BCUT2D eigenvalue weighted by Crippen LogP contribution is -2.68. The Labute approximate surface area is 323 Å². The summed E-state index contributed by atoms with van der Waals surface area (Å²) in [7, 11) is 0. The zero-order chi connectivity index (χ0) is 41.2. The highest BCUT2D eigenvalue weighted by molar-refractivity contribution is 6.02. The maximum atomic E-state index is 17.2. The van der Waals surface area contributed by atoms with Crippen molar-refractivity contribution in [3.63, 3.8) is 0 Å². The minimum atomic E-state index is -6.88. The van der Waals surface area contributed by atoms with E-state index in [-0.39, 0.29) is 64.8 Å². The molecule has 5 aliphatic rings. The van der Waals surface area contributed by atoms with Gasteiger partial charge in [-0.15, -0.1) is 6.42 Å². The van der Waals surface area contributed by atoms with Gasteiger partial charge < -0.3 is 19.7 Å². The van der Waals surface area contributed by atoms with Crippen LogP contribution in [0.3, 0.4) is 0 Å². The highest BCUT2D eigenvalue weighted by Gasteiger charge is 2.86. The van der Waals surface area contributed by atoms with E-state index in [1.54, 1.807) is 18.2 Å². The van der Waals surface area contributed by atoms with Crippen molar-refractivity contribution < 1.29 is 57.8 Å². The van der Waals surface area contributed by atoms with Gasteiger partial charge in [0.05, 0.1) is 28.3 Å². The quantitative estimate of drug-likeness (QED) is 0.156. The first kappa shape index (κ1) is 38.9. The predicted octanol–water partition coefficient (Wildman–Crippen LogP) is 7.79. The highest BCUT2D eigenvalue weighted by atomic mass is 19.4. The number of aryl methyl sites for hydroxylation is 1. The molecule has 1 N–H and O–H groups in total. The van der Waals surface area contributed by atoms with Crippen LogP contribution in [0.25, 0.3) is 32.9 Å². The Morgan fingerprint density at radius 1 is 0.897 bits per heavy atom. The number of alkyl halides is 9. The predicted molar refractivity (Wildman–Crippen MR) is 187 cm³/mol. The van der Waals surface area contributed by atoms with Crippen molar-refractivity contribution in [1.82, 2.24) is 25.2 Å². The van der Waals surface area contributed by atoms with Gasteiger partial charge in [0.15, 0.2) is 5.82 Å². The molecular formula is C39H33F11N6O2. The van der Waals surface area contributed by atoms with E-state index in [1.807, 2.05) is 0 Å². The van der Waals surface area contributed by atoms with Gasteiger partial charge in [0.25, 0.3) is 0 Å². The molecule has 0 saturated carbocycles. The molecule has 0 amide bonds. The Kier molecular flexibility index (Phi) is 8.89. The summed E-state index contributed by atoms with van der Waals surface area (Å²) in [5.41, 5.74) is -7.55. The van der Waals surface area contributed by atoms with E-state index in [0.29, 0.717) is 48.1 Å². The van der Waals surface area contributed by atoms with Gasteiger partial charge in [-0.25, -0.2) is 13.8 Å². The van der Waals surface area contributed by atoms with Gasteiger partial charge in [0, 0.05) is 42.2 Å². The number of piperazine rings is 1. The van der Waals surface area contributed by atoms with Crippen molar-refractivity contribution in [2.45, 2.75) is 98.8 Å². The number of nitrogens with one attached hydrogen (secondary N) is 1. The van der Waals surface area contributed by atoms with Crippen LogP contribution in [0.5, 0.6) is 6.01 Å². The van der Waals surface area contributed by atoms with Crippen molar-refractivity contribution in [3.05, 3.63) is 53.2 Å². The zero-order valence-electron chi connectivity index (χ0n) is 30.3. The van der Waals surface area contributed by atoms with Crippen molar-refractivity contribution in [2.24, 2.45) is 0 Å². The zero-order valence-corrected chi connectivity index (χ0v) is 30.3. The van der Waals surface area contributed by atoms with E-state index in [1.165, 1.54) is 17.0 Å². The molecule has 0 radical (unpaired) electrons. The number of nitrogens with zero attached hydrogens (tertiary/aromatic N) is 5. The molecule has 2 aromatic heterocycles. The maximum Gasteiger partial charge on any atom is 0.435 e. The molecule has 5 aliphatic heterocycles. The Morgan fingerprint density at radius 3 is 2.38 bits per heavy atom. The number of halogens is 11. The first-order valence-electron chi connectivity index (χ1n) is 18.7. The molecule has 5 atom stereocenters. The van der Waals surface area contributed by atoms with E-state index < -0.39 is 67.0 Å². The molecule has 4 fully saturated rings. The van der Waals surface area contributed by atoms with Gasteiger partial charge in [-0.3, -0.25) is 4.90 Å². The lowest BCUT2D eigenvalue weighted by atomic mass is 9.93. The van der Waals surface area contributed by atoms with Gasteiger partial charge in [-0.05, 0) is 62.9 Å². The third-order valence-electron chi connectivity index (χ3n) is 12.5. The minimum Gasteiger partial charge on any atom is -0.461 e. The standard InChI is InChI=1S/C39H33F11N6O2/c1-2-22-24(40)9-7-19-5-3-6-23(28(19)22)31-30(41)32-29-26(52-31)11-12-27-25-10-8-20(51-25)16-56(27)33(29)54-34(53-32)57-18-35-13-4-14-55(35)17-21(15-35)58-36(37(42,43)44,38(45,46)47)39(48,49)50/h1,3,5-7,9,20-21,25,27,51H,4,8,10-18H2/t20-,21+,25+,27-,35+/m1/s1. The Bertz CT molecular complexity index is 2330. The van der Waals surface area contributed by atoms with Gasteiger partial charge >= 0.3 is 30.1 Å². The number of ether oxygens (including phenoxy) is 2. The number of benzene rings is 2. The molecule has 0 unspecified atom stereocenters. The van der Waals surface area contributed by atoms with Crippen LogP contribution in [0.15, 0.2) is 30.3 Å². The Balaban J connectivity index is 1.13. The fraction of sp³-hybridized carbons (Fsp3) is 0.513. The summed E-state index contributed by atoms with van der Waals surface area (Å²) in [6, 6.07) is 7.33. The topological polar surface area (TPSA) is 75.6 Å². The summed E-state index contributed by atoms with van der Waals surface area (Å²) in [6.07, 6.45) is -14.4. The second kappa shape index (κ2) is 13.2. The van der Waals surface area contributed by atoms with E-state index >= 15 is 8.78 Å². The largest absolute Gasteiger partial charge is 0.461 e. The summed E-state index contributed by atoms with van der Waals surface area (Å²) in [4.78, 5) is 17.5. The van der Waals surface area contributed by atoms with Gasteiger partial charge in [0.1, 0.15) is 29.5 Å². The van der Waals surface area contributed by atoms with E-state index in [4.69, 9.17) is 21.1 Å². The van der Waals surface area contributed by atoms with Crippen LogP contribution in [0.4, 0.5) is 54.1 Å². The van der Waals surface area contributed by atoms with Crippen molar-refractivity contribution in [2.75, 3.05) is 31.1 Å². The highest BCUT2D eigenvalue weighted by Crippen LogP contribution is 2.57. The van der Waals surface area contributed by atoms with Crippen molar-refractivity contribution >= 4 is 27.5 Å². The SMILES string of the molecule is C#Cc1c(F)ccc2cccc(-c3nc4c5c(nc(OC[C@@]67CCCN6C[C@@H](OC(C(F)(F)F)(C(F)(F)F)C(F)(F)F)C7)nc5c3F)N3C[C@H]5CC[C@H](N5)[C@H]3CC4)c12.